The average Bonchev–Trinajstić information content (AvgIpc) is 2.77. The molecule has 0 aliphatic heterocycles. The van der Waals surface area contributed by atoms with E-state index < -0.39 is 0 Å². The molecule has 0 aliphatic rings. The van der Waals surface area contributed by atoms with Crippen molar-refractivity contribution in [2.75, 3.05) is 0 Å². The lowest BCUT2D eigenvalue weighted by atomic mass is 10.0. The summed E-state index contributed by atoms with van der Waals surface area (Å²) >= 11 is 0. The third-order valence-corrected chi connectivity index (χ3v) is 2.95. The number of benzene rings is 1. The van der Waals surface area contributed by atoms with Gasteiger partial charge in [0.2, 0.25) is 0 Å². The van der Waals surface area contributed by atoms with Gasteiger partial charge in [0.25, 0.3) is 0 Å². The average molecular weight is 230 g/mol. The molecule has 0 amide bonds. The third-order valence-electron chi connectivity index (χ3n) is 2.95. The molecule has 0 saturated carbocycles. The highest BCUT2D eigenvalue weighted by atomic mass is 15.4. The first-order valence-corrected chi connectivity index (χ1v) is 5.91. The first kappa shape index (κ1) is 11.8. The molecule has 17 heavy (non-hydrogen) atoms. The van der Waals surface area contributed by atoms with Crippen LogP contribution in [0.15, 0.2) is 36.5 Å². The zero-order chi connectivity index (χ0) is 12.1. The van der Waals surface area contributed by atoms with Crippen molar-refractivity contribution in [3.05, 3.63) is 47.8 Å². The molecule has 4 nitrogen and oxygen atoms in total. The van der Waals surface area contributed by atoms with Gasteiger partial charge in [-0.3, -0.25) is 4.68 Å². The molecule has 0 aliphatic carbocycles. The van der Waals surface area contributed by atoms with Crippen LogP contribution in [0.25, 0.3) is 0 Å². The molecule has 0 bridgehead atoms. The number of hydrogen-bond donors (Lipinski definition) is 1. The van der Waals surface area contributed by atoms with E-state index in [1.807, 2.05) is 13.1 Å². The Labute approximate surface area is 101 Å². The molecule has 2 rings (SSSR count). The number of nitrogens with zero attached hydrogens (tertiary/aromatic N) is 3. The van der Waals surface area contributed by atoms with Gasteiger partial charge in [-0.05, 0) is 24.8 Å². The van der Waals surface area contributed by atoms with Crippen LogP contribution in [0.4, 0.5) is 0 Å². The van der Waals surface area contributed by atoms with E-state index in [0.29, 0.717) is 0 Å². The Morgan fingerprint density at radius 3 is 2.71 bits per heavy atom. The van der Waals surface area contributed by atoms with E-state index in [-0.39, 0.29) is 6.04 Å². The van der Waals surface area contributed by atoms with Crippen LogP contribution in [0.1, 0.15) is 30.1 Å². The minimum Gasteiger partial charge on any atom is -0.323 e. The normalized spacial score (nSPS) is 12.6. The molecule has 1 aromatic heterocycles. The summed E-state index contributed by atoms with van der Waals surface area (Å²) in [6.07, 6.45) is 4.85. The molecule has 1 aromatic carbocycles. The van der Waals surface area contributed by atoms with Crippen LogP contribution in [-0.4, -0.2) is 15.0 Å². The van der Waals surface area contributed by atoms with E-state index in [4.69, 9.17) is 5.73 Å². The molecule has 0 spiro atoms. The van der Waals surface area contributed by atoms with Crippen LogP contribution in [0, 0.1) is 0 Å². The topological polar surface area (TPSA) is 56.7 Å². The Kier molecular flexibility index (Phi) is 3.88. The summed E-state index contributed by atoms with van der Waals surface area (Å²) in [4.78, 5) is 0. The van der Waals surface area contributed by atoms with Gasteiger partial charge in [0.05, 0.1) is 11.9 Å². The first-order valence-electron chi connectivity index (χ1n) is 5.91. The van der Waals surface area contributed by atoms with Gasteiger partial charge in [-0.1, -0.05) is 35.5 Å². The number of hydrogen-bond acceptors (Lipinski definition) is 3. The van der Waals surface area contributed by atoms with Gasteiger partial charge in [-0.15, -0.1) is 5.10 Å². The molecule has 1 heterocycles. The smallest absolute Gasteiger partial charge is 0.0751 e. The molecule has 0 radical (unpaired) electrons. The minimum atomic E-state index is 0.0266. The fraction of sp³-hybridized carbons (Fsp3) is 0.385. The van der Waals surface area contributed by atoms with Crippen LogP contribution >= 0.6 is 0 Å². The van der Waals surface area contributed by atoms with Crippen molar-refractivity contribution in [2.45, 2.75) is 25.3 Å². The summed E-state index contributed by atoms with van der Waals surface area (Å²) < 4.78 is 1.74. The van der Waals surface area contributed by atoms with Crippen LogP contribution in [0.2, 0.25) is 0 Å². The van der Waals surface area contributed by atoms with Gasteiger partial charge in [0, 0.05) is 13.1 Å². The SMILES string of the molecule is Cn1nncc1C(N)CCCc1ccccc1. The second-order valence-corrected chi connectivity index (χ2v) is 4.27. The zero-order valence-electron chi connectivity index (χ0n) is 10.1. The van der Waals surface area contributed by atoms with E-state index in [0.717, 1.165) is 25.0 Å². The second-order valence-electron chi connectivity index (χ2n) is 4.27. The van der Waals surface area contributed by atoms with Gasteiger partial charge in [0.15, 0.2) is 0 Å². The lowest BCUT2D eigenvalue weighted by Crippen LogP contribution is -2.14. The Morgan fingerprint density at radius 1 is 1.29 bits per heavy atom. The van der Waals surface area contributed by atoms with Crippen LogP contribution in [0.5, 0.6) is 0 Å². The van der Waals surface area contributed by atoms with Crippen LogP contribution < -0.4 is 5.73 Å². The van der Waals surface area contributed by atoms with Gasteiger partial charge in [-0.25, -0.2) is 0 Å². The van der Waals surface area contributed by atoms with Crippen molar-refractivity contribution in [1.29, 1.82) is 0 Å². The van der Waals surface area contributed by atoms with Crippen LogP contribution in [0.3, 0.4) is 0 Å². The highest BCUT2D eigenvalue weighted by Gasteiger charge is 2.10. The van der Waals surface area contributed by atoms with E-state index >= 15 is 0 Å². The summed E-state index contributed by atoms with van der Waals surface area (Å²) in [7, 11) is 1.87. The molecule has 4 heteroatoms. The Hall–Kier alpha value is -1.68. The number of aromatic nitrogens is 3. The molecule has 90 valence electrons. The third kappa shape index (κ3) is 3.14. The predicted molar refractivity (Wildman–Crippen MR) is 67.3 cm³/mol. The first-order chi connectivity index (χ1) is 8.27. The van der Waals surface area contributed by atoms with E-state index in [9.17, 15) is 0 Å². The quantitative estimate of drug-likeness (QED) is 0.852. The molecule has 1 unspecified atom stereocenters. The summed E-state index contributed by atoms with van der Waals surface area (Å²) in [5.74, 6) is 0. The molecular weight excluding hydrogens is 212 g/mol. The van der Waals surface area contributed by atoms with E-state index in [1.54, 1.807) is 10.9 Å². The Balaban J connectivity index is 1.81. The molecule has 2 aromatic rings. The van der Waals surface area contributed by atoms with Gasteiger partial charge in [0.1, 0.15) is 0 Å². The van der Waals surface area contributed by atoms with Gasteiger partial charge < -0.3 is 5.73 Å². The second kappa shape index (κ2) is 5.59. The summed E-state index contributed by atoms with van der Waals surface area (Å²) in [5.41, 5.74) is 8.47. The number of rotatable bonds is 5. The molecular formula is C13H18N4. The van der Waals surface area contributed by atoms with E-state index in [2.05, 4.69) is 34.6 Å². The molecule has 0 fully saturated rings. The van der Waals surface area contributed by atoms with Crippen molar-refractivity contribution in [1.82, 2.24) is 15.0 Å². The van der Waals surface area contributed by atoms with Crippen molar-refractivity contribution in [3.8, 4) is 0 Å². The fourth-order valence-electron chi connectivity index (χ4n) is 1.95. The van der Waals surface area contributed by atoms with Crippen molar-refractivity contribution < 1.29 is 0 Å². The Bertz CT molecular complexity index is 449. The maximum atomic E-state index is 6.10. The summed E-state index contributed by atoms with van der Waals surface area (Å²) in [6, 6.07) is 10.5. The standard InChI is InChI=1S/C13H18N4/c1-17-13(10-15-16-17)12(14)9-5-8-11-6-3-2-4-7-11/h2-4,6-7,10,12H,5,8-9,14H2,1H3. The highest BCUT2D eigenvalue weighted by Crippen LogP contribution is 2.15. The maximum Gasteiger partial charge on any atom is 0.0751 e. The lowest BCUT2D eigenvalue weighted by molar-refractivity contribution is 0.556. The summed E-state index contributed by atoms with van der Waals surface area (Å²) in [6.45, 7) is 0. The lowest BCUT2D eigenvalue weighted by Gasteiger charge is -2.10. The van der Waals surface area contributed by atoms with Crippen molar-refractivity contribution in [2.24, 2.45) is 12.8 Å². The van der Waals surface area contributed by atoms with Crippen LogP contribution in [-0.2, 0) is 13.5 Å². The minimum absolute atomic E-state index is 0.0266. The number of aryl methyl sites for hydroxylation is 2. The zero-order valence-corrected chi connectivity index (χ0v) is 10.1. The molecule has 0 saturated heterocycles. The van der Waals surface area contributed by atoms with Crippen molar-refractivity contribution in [3.63, 3.8) is 0 Å². The van der Waals surface area contributed by atoms with Crippen molar-refractivity contribution >= 4 is 0 Å². The largest absolute Gasteiger partial charge is 0.323 e. The summed E-state index contributed by atoms with van der Waals surface area (Å²) in [5, 5.41) is 7.73. The molecule has 1 atom stereocenters. The fourth-order valence-corrected chi connectivity index (χ4v) is 1.95. The van der Waals surface area contributed by atoms with Gasteiger partial charge in [-0.2, -0.15) is 0 Å². The maximum absolute atomic E-state index is 6.10. The monoisotopic (exact) mass is 230 g/mol. The number of nitrogens with two attached hydrogens (primary N) is 1. The highest BCUT2D eigenvalue weighted by molar-refractivity contribution is 5.14. The predicted octanol–water partition coefficient (Wildman–Crippen LogP) is 1.84. The van der Waals surface area contributed by atoms with E-state index in [1.165, 1.54) is 5.56 Å². The molecule has 2 N–H and O–H groups in total. The van der Waals surface area contributed by atoms with Gasteiger partial charge >= 0.3 is 0 Å². The Morgan fingerprint density at radius 2 is 2.06 bits per heavy atom.